The molecule has 1 heterocycles. The highest BCUT2D eigenvalue weighted by Gasteiger charge is 2.14. The summed E-state index contributed by atoms with van der Waals surface area (Å²) in [6.45, 7) is 0. The first-order valence-electron chi connectivity index (χ1n) is 6.83. The molecule has 0 spiro atoms. The third kappa shape index (κ3) is 3.29. The van der Waals surface area contributed by atoms with Crippen molar-refractivity contribution in [3.8, 4) is 11.5 Å². The van der Waals surface area contributed by atoms with Gasteiger partial charge in [0, 0.05) is 16.5 Å². The van der Waals surface area contributed by atoms with Crippen LogP contribution in [0.3, 0.4) is 0 Å². The fourth-order valence-electron chi connectivity index (χ4n) is 2.24. The molecule has 24 heavy (non-hydrogen) atoms. The van der Waals surface area contributed by atoms with E-state index in [1.165, 1.54) is 0 Å². The molecule has 0 bridgehead atoms. The number of methoxy groups -OCH3 is 2. The fraction of sp³-hybridized carbons (Fsp3) is 0.125. The lowest BCUT2D eigenvalue weighted by Gasteiger charge is -2.13. The maximum Gasteiger partial charge on any atom is 0.224 e. The minimum atomic E-state index is 0.0994. The maximum atomic E-state index is 6.21. The van der Waals surface area contributed by atoms with Gasteiger partial charge in [0.05, 0.1) is 30.4 Å². The van der Waals surface area contributed by atoms with E-state index in [1.807, 2.05) is 0 Å². The number of benzene rings is 2. The predicted molar refractivity (Wildman–Crippen MR) is 97.4 cm³/mol. The van der Waals surface area contributed by atoms with Gasteiger partial charge in [-0.25, -0.2) is 4.98 Å². The molecule has 0 radical (unpaired) electrons. The van der Waals surface area contributed by atoms with E-state index in [-0.39, 0.29) is 5.28 Å². The van der Waals surface area contributed by atoms with Crippen LogP contribution in [0.5, 0.6) is 11.5 Å². The summed E-state index contributed by atoms with van der Waals surface area (Å²) in [5.74, 6) is 1.60. The highest BCUT2D eigenvalue weighted by Crippen LogP contribution is 2.36. The Morgan fingerprint density at radius 1 is 0.917 bits per heavy atom. The van der Waals surface area contributed by atoms with Gasteiger partial charge < -0.3 is 14.8 Å². The van der Waals surface area contributed by atoms with E-state index in [0.29, 0.717) is 44.0 Å². The zero-order chi connectivity index (χ0) is 17.3. The molecule has 8 heteroatoms. The highest BCUT2D eigenvalue weighted by atomic mass is 35.5. The Morgan fingerprint density at radius 2 is 1.62 bits per heavy atom. The van der Waals surface area contributed by atoms with Crippen molar-refractivity contribution >= 4 is 57.2 Å². The van der Waals surface area contributed by atoms with Crippen molar-refractivity contribution in [2.24, 2.45) is 0 Å². The molecule has 0 atom stereocenters. The number of nitrogens with one attached hydrogen (secondary N) is 1. The summed E-state index contributed by atoms with van der Waals surface area (Å²) >= 11 is 18.2. The first-order valence-corrected chi connectivity index (χ1v) is 7.96. The number of aromatic nitrogens is 2. The van der Waals surface area contributed by atoms with Crippen LogP contribution in [0.4, 0.5) is 11.5 Å². The van der Waals surface area contributed by atoms with Gasteiger partial charge in [0.15, 0.2) is 11.5 Å². The topological polar surface area (TPSA) is 56.3 Å². The Labute approximate surface area is 153 Å². The molecule has 124 valence electrons. The van der Waals surface area contributed by atoms with Crippen LogP contribution >= 0.6 is 34.8 Å². The maximum absolute atomic E-state index is 6.21. The van der Waals surface area contributed by atoms with Crippen LogP contribution in [0, 0.1) is 0 Å². The molecule has 0 unspecified atom stereocenters. The second-order valence-electron chi connectivity index (χ2n) is 4.81. The van der Waals surface area contributed by atoms with E-state index in [9.17, 15) is 0 Å². The van der Waals surface area contributed by atoms with Crippen LogP contribution in [-0.2, 0) is 0 Å². The Kier molecular flexibility index (Phi) is 4.85. The Morgan fingerprint density at radius 3 is 2.29 bits per heavy atom. The van der Waals surface area contributed by atoms with Crippen LogP contribution in [0.25, 0.3) is 10.9 Å². The first kappa shape index (κ1) is 16.9. The Bertz CT molecular complexity index is 919. The van der Waals surface area contributed by atoms with Gasteiger partial charge in [-0.2, -0.15) is 4.98 Å². The third-order valence-corrected chi connectivity index (χ3v) is 4.07. The van der Waals surface area contributed by atoms with Crippen LogP contribution in [0.2, 0.25) is 15.3 Å². The number of anilines is 2. The lowest BCUT2D eigenvalue weighted by Crippen LogP contribution is -1.99. The average Bonchev–Trinajstić information content (AvgIpc) is 2.56. The summed E-state index contributed by atoms with van der Waals surface area (Å²) in [5.41, 5.74) is 1.26. The van der Waals surface area contributed by atoms with E-state index in [1.54, 1.807) is 44.6 Å². The molecule has 0 aliphatic carbocycles. The number of fused-ring (bicyclic) bond motifs is 1. The SMILES string of the molecule is COc1cc2nc(Cl)nc(Nc3ccc(Cl)cc3Cl)c2cc1OC. The van der Waals surface area contributed by atoms with E-state index in [4.69, 9.17) is 44.3 Å². The largest absolute Gasteiger partial charge is 0.493 e. The molecule has 0 saturated heterocycles. The third-order valence-electron chi connectivity index (χ3n) is 3.36. The van der Waals surface area contributed by atoms with E-state index in [0.717, 1.165) is 0 Å². The summed E-state index contributed by atoms with van der Waals surface area (Å²) in [5, 5.41) is 4.97. The van der Waals surface area contributed by atoms with Crippen LogP contribution in [-0.4, -0.2) is 24.2 Å². The quantitative estimate of drug-likeness (QED) is 0.614. The van der Waals surface area contributed by atoms with Crippen LogP contribution in [0.1, 0.15) is 0 Å². The molecular weight excluding hydrogens is 373 g/mol. The predicted octanol–water partition coefficient (Wildman–Crippen LogP) is 5.35. The van der Waals surface area contributed by atoms with Crippen LogP contribution < -0.4 is 14.8 Å². The van der Waals surface area contributed by atoms with E-state index >= 15 is 0 Å². The summed E-state index contributed by atoms with van der Waals surface area (Å²) in [6, 6.07) is 8.63. The molecule has 2 aromatic carbocycles. The van der Waals surface area contributed by atoms with Crippen molar-refractivity contribution in [1.82, 2.24) is 9.97 Å². The van der Waals surface area contributed by atoms with Gasteiger partial charge in [-0.1, -0.05) is 23.2 Å². The van der Waals surface area contributed by atoms with Gasteiger partial charge >= 0.3 is 0 Å². The molecule has 0 saturated carbocycles. The molecule has 5 nitrogen and oxygen atoms in total. The van der Waals surface area contributed by atoms with Gasteiger partial charge in [0.1, 0.15) is 5.82 Å². The molecule has 1 N–H and O–H groups in total. The van der Waals surface area contributed by atoms with Crippen molar-refractivity contribution < 1.29 is 9.47 Å². The van der Waals surface area contributed by atoms with Crippen molar-refractivity contribution in [3.05, 3.63) is 45.7 Å². The monoisotopic (exact) mass is 383 g/mol. The molecule has 3 rings (SSSR count). The highest BCUT2D eigenvalue weighted by molar-refractivity contribution is 6.36. The second kappa shape index (κ2) is 6.89. The van der Waals surface area contributed by atoms with Gasteiger partial charge in [0.2, 0.25) is 5.28 Å². The minimum Gasteiger partial charge on any atom is -0.493 e. The van der Waals surface area contributed by atoms with Crippen molar-refractivity contribution in [3.63, 3.8) is 0 Å². The smallest absolute Gasteiger partial charge is 0.224 e. The van der Waals surface area contributed by atoms with Gasteiger partial charge in [-0.05, 0) is 35.9 Å². The number of halogens is 3. The van der Waals surface area contributed by atoms with Crippen molar-refractivity contribution in [1.29, 1.82) is 0 Å². The number of hydrogen-bond donors (Lipinski definition) is 1. The molecule has 0 aliphatic rings. The zero-order valence-corrected chi connectivity index (χ0v) is 15.0. The Balaban J connectivity index is 2.15. The molecule has 0 aliphatic heterocycles. The van der Waals surface area contributed by atoms with Gasteiger partial charge in [-0.3, -0.25) is 0 Å². The lowest BCUT2D eigenvalue weighted by molar-refractivity contribution is 0.356. The second-order valence-corrected chi connectivity index (χ2v) is 6.00. The Hall–Kier alpha value is -1.95. The molecule has 0 fully saturated rings. The normalized spacial score (nSPS) is 10.7. The molecule has 3 aromatic rings. The molecule has 1 aromatic heterocycles. The number of hydrogen-bond acceptors (Lipinski definition) is 5. The number of ether oxygens (including phenoxy) is 2. The summed E-state index contributed by atoms with van der Waals surface area (Å²) in [6.07, 6.45) is 0. The van der Waals surface area contributed by atoms with Gasteiger partial charge in [0.25, 0.3) is 0 Å². The first-order chi connectivity index (χ1) is 11.5. The molecular formula is C16H12Cl3N3O2. The summed E-state index contributed by atoms with van der Waals surface area (Å²) < 4.78 is 10.6. The zero-order valence-electron chi connectivity index (χ0n) is 12.7. The van der Waals surface area contributed by atoms with E-state index in [2.05, 4.69) is 15.3 Å². The minimum absolute atomic E-state index is 0.0994. The lowest BCUT2D eigenvalue weighted by atomic mass is 10.2. The van der Waals surface area contributed by atoms with E-state index < -0.39 is 0 Å². The number of rotatable bonds is 4. The summed E-state index contributed by atoms with van der Waals surface area (Å²) in [7, 11) is 3.11. The van der Waals surface area contributed by atoms with Crippen molar-refractivity contribution in [2.45, 2.75) is 0 Å². The van der Waals surface area contributed by atoms with Crippen LogP contribution in [0.15, 0.2) is 30.3 Å². The van der Waals surface area contributed by atoms with Gasteiger partial charge in [-0.15, -0.1) is 0 Å². The van der Waals surface area contributed by atoms with Crippen molar-refractivity contribution in [2.75, 3.05) is 19.5 Å². The molecule has 0 amide bonds. The summed E-state index contributed by atoms with van der Waals surface area (Å²) in [4.78, 5) is 8.47. The number of nitrogens with zero attached hydrogens (tertiary/aromatic N) is 2. The standard InChI is InChI=1S/C16H12Cl3N3O2/c1-23-13-6-9-12(7-14(13)24-2)21-16(19)22-15(9)20-11-4-3-8(17)5-10(11)18/h3-7H,1-2H3,(H,20,21,22). The average molecular weight is 385 g/mol. The fourth-order valence-corrected chi connectivity index (χ4v) is 2.87.